The lowest BCUT2D eigenvalue weighted by atomic mass is 10.1. The smallest absolute Gasteiger partial charge is 0.225 e. The molecule has 2 N–H and O–H groups in total. The molecule has 0 aromatic carbocycles. The Balaban J connectivity index is 1.37. The van der Waals surface area contributed by atoms with E-state index in [4.69, 9.17) is 4.99 Å². The van der Waals surface area contributed by atoms with Crippen molar-refractivity contribution in [1.29, 1.82) is 0 Å². The number of guanidine groups is 1. The van der Waals surface area contributed by atoms with Crippen molar-refractivity contribution in [2.75, 3.05) is 57.3 Å². The fourth-order valence-electron chi connectivity index (χ4n) is 3.38. The quantitative estimate of drug-likeness (QED) is 0.483. The Morgan fingerprint density at radius 3 is 2.66 bits per heavy atom. The Kier molecular flexibility index (Phi) is 8.70. The predicted molar refractivity (Wildman–Crippen MR) is 122 cm³/mol. The van der Waals surface area contributed by atoms with Crippen molar-refractivity contribution in [3.8, 4) is 0 Å². The van der Waals surface area contributed by atoms with E-state index in [1.807, 2.05) is 29.8 Å². The van der Waals surface area contributed by atoms with Crippen molar-refractivity contribution in [3.05, 3.63) is 40.8 Å². The van der Waals surface area contributed by atoms with Gasteiger partial charge in [-0.25, -0.2) is 9.97 Å². The minimum atomic E-state index is 0.539. The number of aliphatic imine (C=N–C) groups is 1. The molecule has 0 aliphatic carbocycles. The van der Waals surface area contributed by atoms with Crippen LogP contribution in [0, 0.1) is 5.92 Å². The minimum Gasteiger partial charge on any atom is -0.357 e. The summed E-state index contributed by atoms with van der Waals surface area (Å²) in [6.45, 7) is 12.0. The molecule has 1 fully saturated rings. The van der Waals surface area contributed by atoms with Crippen molar-refractivity contribution in [2.24, 2.45) is 10.9 Å². The van der Waals surface area contributed by atoms with Crippen LogP contribution in [0.1, 0.15) is 18.7 Å². The molecule has 1 unspecified atom stereocenters. The van der Waals surface area contributed by atoms with E-state index >= 15 is 0 Å². The predicted octanol–water partition coefficient (Wildman–Crippen LogP) is 2.09. The molecule has 2 aromatic heterocycles. The summed E-state index contributed by atoms with van der Waals surface area (Å²) < 4.78 is 0. The minimum absolute atomic E-state index is 0.539. The molecular formula is C21H33N7S. The van der Waals surface area contributed by atoms with E-state index < -0.39 is 0 Å². The summed E-state index contributed by atoms with van der Waals surface area (Å²) in [7, 11) is 0. The van der Waals surface area contributed by atoms with Gasteiger partial charge >= 0.3 is 0 Å². The molecule has 0 spiro atoms. The number of anilines is 1. The Morgan fingerprint density at radius 1 is 1.17 bits per heavy atom. The van der Waals surface area contributed by atoms with Crippen molar-refractivity contribution < 1.29 is 0 Å². The maximum Gasteiger partial charge on any atom is 0.225 e. The van der Waals surface area contributed by atoms with Crippen LogP contribution >= 0.6 is 11.3 Å². The van der Waals surface area contributed by atoms with Crippen LogP contribution in [0.3, 0.4) is 0 Å². The molecule has 1 aliphatic rings. The van der Waals surface area contributed by atoms with Gasteiger partial charge in [0.15, 0.2) is 5.96 Å². The zero-order valence-corrected chi connectivity index (χ0v) is 18.4. The van der Waals surface area contributed by atoms with Crippen LogP contribution in [0.5, 0.6) is 0 Å². The Labute approximate surface area is 178 Å². The fourth-order valence-corrected chi connectivity index (χ4v) is 4.25. The van der Waals surface area contributed by atoms with E-state index in [9.17, 15) is 0 Å². The molecular weight excluding hydrogens is 382 g/mol. The highest BCUT2D eigenvalue weighted by Crippen LogP contribution is 2.14. The summed E-state index contributed by atoms with van der Waals surface area (Å²) >= 11 is 1.83. The first-order chi connectivity index (χ1) is 14.2. The topological polar surface area (TPSA) is 68.7 Å². The number of aromatic nitrogens is 2. The Morgan fingerprint density at radius 2 is 1.97 bits per heavy atom. The SMILES string of the molecule is CCNC(=NCC(C)Cc1cccs1)NCCN1CCN(c2ncccn2)CC1. The van der Waals surface area contributed by atoms with Gasteiger partial charge in [0.05, 0.1) is 0 Å². The van der Waals surface area contributed by atoms with Crippen molar-refractivity contribution in [2.45, 2.75) is 20.3 Å². The lowest BCUT2D eigenvalue weighted by Crippen LogP contribution is -2.49. The summed E-state index contributed by atoms with van der Waals surface area (Å²) in [5.74, 6) is 2.29. The van der Waals surface area contributed by atoms with Crippen molar-refractivity contribution >= 4 is 23.2 Å². The zero-order chi connectivity index (χ0) is 20.3. The molecule has 2 aromatic rings. The van der Waals surface area contributed by atoms with E-state index in [1.165, 1.54) is 4.88 Å². The van der Waals surface area contributed by atoms with Crippen LogP contribution in [0.4, 0.5) is 5.95 Å². The van der Waals surface area contributed by atoms with Gasteiger partial charge in [-0.3, -0.25) is 9.89 Å². The van der Waals surface area contributed by atoms with Gasteiger partial charge in [0.25, 0.3) is 0 Å². The van der Waals surface area contributed by atoms with E-state index in [-0.39, 0.29) is 0 Å². The summed E-state index contributed by atoms with van der Waals surface area (Å²) in [6.07, 6.45) is 4.71. The van der Waals surface area contributed by atoms with Crippen LogP contribution in [0.25, 0.3) is 0 Å². The lowest BCUT2D eigenvalue weighted by Gasteiger charge is -2.34. The second-order valence-corrected chi connectivity index (χ2v) is 8.44. The number of thiophene rings is 1. The third-order valence-corrected chi connectivity index (χ3v) is 5.86. The van der Waals surface area contributed by atoms with Crippen LogP contribution in [-0.2, 0) is 6.42 Å². The summed E-state index contributed by atoms with van der Waals surface area (Å²) in [5, 5.41) is 8.99. The van der Waals surface area contributed by atoms with Crippen molar-refractivity contribution in [3.63, 3.8) is 0 Å². The summed E-state index contributed by atoms with van der Waals surface area (Å²) in [5.41, 5.74) is 0. The molecule has 1 saturated heterocycles. The van der Waals surface area contributed by atoms with E-state index in [2.05, 4.69) is 61.8 Å². The summed E-state index contributed by atoms with van der Waals surface area (Å²) in [6, 6.07) is 6.18. The number of nitrogens with zero attached hydrogens (tertiary/aromatic N) is 5. The van der Waals surface area contributed by atoms with Crippen LogP contribution in [0.15, 0.2) is 41.0 Å². The molecule has 0 amide bonds. The molecule has 0 saturated carbocycles. The standard InChI is InChI=1S/C21H33N7S/c1-3-22-20(26-17-18(2)16-19-6-4-15-29-19)23-9-10-27-11-13-28(14-12-27)21-24-7-5-8-25-21/h4-8,15,18H,3,9-14,16-17H2,1-2H3,(H2,22,23,26). The van der Waals surface area contributed by atoms with Crippen LogP contribution in [-0.4, -0.2) is 73.2 Å². The maximum atomic E-state index is 4.78. The molecule has 0 radical (unpaired) electrons. The molecule has 29 heavy (non-hydrogen) atoms. The van der Waals surface area contributed by atoms with Gasteiger partial charge in [0.1, 0.15) is 0 Å². The number of nitrogens with one attached hydrogen (secondary N) is 2. The molecule has 7 nitrogen and oxygen atoms in total. The average Bonchev–Trinajstić information content (AvgIpc) is 3.26. The van der Waals surface area contributed by atoms with Crippen LogP contribution in [0.2, 0.25) is 0 Å². The van der Waals surface area contributed by atoms with E-state index in [1.54, 1.807) is 0 Å². The van der Waals surface area contributed by atoms with Gasteiger partial charge in [-0.1, -0.05) is 13.0 Å². The first-order valence-corrected chi connectivity index (χ1v) is 11.4. The number of piperazine rings is 1. The van der Waals surface area contributed by atoms with Gasteiger partial charge in [0, 0.05) is 69.6 Å². The molecule has 1 atom stereocenters. The van der Waals surface area contributed by atoms with Crippen molar-refractivity contribution in [1.82, 2.24) is 25.5 Å². The number of hydrogen-bond acceptors (Lipinski definition) is 6. The highest BCUT2D eigenvalue weighted by atomic mass is 32.1. The van der Waals surface area contributed by atoms with E-state index in [0.29, 0.717) is 5.92 Å². The number of hydrogen-bond donors (Lipinski definition) is 2. The third-order valence-electron chi connectivity index (χ3n) is 4.96. The van der Waals surface area contributed by atoms with Gasteiger partial charge in [-0.15, -0.1) is 11.3 Å². The zero-order valence-electron chi connectivity index (χ0n) is 17.5. The number of rotatable bonds is 9. The lowest BCUT2D eigenvalue weighted by molar-refractivity contribution is 0.260. The fraction of sp³-hybridized carbons (Fsp3) is 0.571. The van der Waals surface area contributed by atoms with E-state index in [0.717, 1.165) is 70.7 Å². The molecule has 3 heterocycles. The third kappa shape index (κ3) is 7.29. The maximum absolute atomic E-state index is 4.78. The molecule has 1 aliphatic heterocycles. The highest BCUT2D eigenvalue weighted by Gasteiger charge is 2.18. The first kappa shape index (κ1) is 21.5. The molecule has 0 bridgehead atoms. The largest absolute Gasteiger partial charge is 0.357 e. The van der Waals surface area contributed by atoms with Gasteiger partial charge in [0.2, 0.25) is 5.95 Å². The molecule has 8 heteroatoms. The van der Waals surface area contributed by atoms with Gasteiger partial charge < -0.3 is 15.5 Å². The molecule has 158 valence electrons. The van der Waals surface area contributed by atoms with Gasteiger partial charge in [-0.05, 0) is 36.8 Å². The van der Waals surface area contributed by atoms with Gasteiger partial charge in [-0.2, -0.15) is 0 Å². The normalized spacial score (nSPS) is 16.6. The van der Waals surface area contributed by atoms with Crippen LogP contribution < -0.4 is 15.5 Å². The average molecular weight is 416 g/mol. The Hall–Kier alpha value is -2.19. The second kappa shape index (κ2) is 11.7. The highest BCUT2D eigenvalue weighted by molar-refractivity contribution is 7.09. The summed E-state index contributed by atoms with van der Waals surface area (Å²) in [4.78, 5) is 19.7. The molecule has 3 rings (SSSR count). The first-order valence-electron chi connectivity index (χ1n) is 10.5. The monoisotopic (exact) mass is 415 g/mol. The second-order valence-electron chi connectivity index (χ2n) is 7.41. The Bertz CT molecular complexity index is 712.